The number of aromatic hydroxyl groups is 1. The highest BCUT2D eigenvalue weighted by Gasteiger charge is 2.47. The summed E-state index contributed by atoms with van der Waals surface area (Å²) in [5.74, 6) is 0.153. The molecule has 3 aromatic rings. The van der Waals surface area contributed by atoms with Gasteiger partial charge < -0.3 is 63.8 Å². The highest BCUT2D eigenvalue weighted by Crippen LogP contribution is 2.34. The monoisotopic (exact) mass is 592 g/mol. The van der Waals surface area contributed by atoms with Crippen molar-refractivity contribution in [3.63, 3.8) is 0 Å². The molecule has 0 amide bonds. The lowest BCUT2D eigenvalue weighted by Gasteiger charge is -2.42. The van der Waals surface area contributed by atoms with E-state index in [9.17, 15) is 40.5 Å². The lowest BCUT2D eigenvalue weighted by molar-refractivity contribution is -0.318. The van der Waals surface area contributed by atoms with E-state index in [1.807, 2.05) is 0 Å². The summed E-state index contributed by atoms with van der Waals surface area (Å²) in [5, 5.41) is 71.2. The highest BCUT2D eigenvalue weighted by atomic mass is 16.7. The zero-order valence-electron chi connectivity index (χ0n) is 22.5. The number of benzene rings is 2. The molecular formula is C28H32O14. The van der Waals surface area contributed by atoms with E-state index in [0.29, 0.717) is 5.56 Å². The number of ether oxygens (including phenoxy) is 5. The van der Waals surface area contributed by atoms with E-state index in [4.69, 9.17) is 28.1 Å². The van der Waals surface area contributed by atoms with Crippen molar-refractivity contribution < 1.29 is 63.8 Å². The Kier molecular flexibility index (Phi) is 8.71. The predicted octanol–water partition coefficient (Wildman–Crippen LogP) is -0.795. The van der Waals surface area contributed by atoms with Crippen LogP contribution < -0.4 is 14.9 Å². The summed E-state index contributed by atoms with van der Waals surface area (Å²) >= 11 is 0. The average molecular weight is 593 g/mol. The predicted molar refractivity (Wildman–Crippen MR) is 142 cm³/mol. The zero-order valence-corrected chi connectivity index (χ0v) is 22.5. The average Bonchev–Trinajstić information content (AvgIpc) is 2.98. The second kappa shape index (κ2) is 12.1. The van der Waals surface area contributed by atoms with Gasteiger partial charge in [0.05, 0.1) is 25.4 Å². The third-order valence-corrected chi connectivity index (χ3v) is 7.37. The lowest BCUT2D eigenvalue weighted by atomic mass is 9.98. The fraction of sp³-hybridized carbons (Fsp3) is 0.464. The van der Waals surface area contributed by atoms with Gasteiger partial charge in [-0.25, -0.2) is 0 Å². The molecule has 0 radical (unpaired) electrons. The third kappa shape index (κ3) is 5.68. The smallest absolute Gasteiger partial charge is 0.229 e. The van der Waals surface area contributed by atoms with E-state index in [1.54, 1.807) is 12.1 Å². The summed E-state index contributed by atoms with van der Waals surface area (Å²) < 4.78 is 33.4. The van der Waals surface area contributed by atoms with Gasteiger partial charge in [0.2, 0.25) is 11.7 Å². The largest absolute Gasteiger partial charge is 0.508 e. The number of rotatable bonds is 7. The van der Waals surface area contributed by atoms with Crippen LogP contribution in [0.3, 0.4) is 0 Å². The number of aliphatic hydroxyl groups excluding tert-OH is 6. The number of aliphatic hydroxyl groups is 6. The molecule has 2 aliphatic rings. The Hall–Kier alpha value is -3.31. The standard InChI is InChI=1S/C28H32O14/c1-11-20(30)23(33)25(35)27(40-11)39-10-18-22(32)24(34)26(36)28(42-18)41-14-7-16(37-2)19-17(8-14)38-9-15(21(19)31)12-3-5-13(29)6-4-12/h3-9,11,18,20,22-30,32-36H,10H2,1-2H3. The summed E-state index contributed by atoms with van der Waals surface area (Å²) in [5.41, 5.74) is 0.413. The molecule has 14 heteroatoms. The van der Waals surface area contributed by atoms with Crippen LogP contribution in [-0.2, 0) is 14.2 Å². The van der Waals surface area contributed by atoms with Gasteiger partial charge in [-0.3, -0.25) is 4.79 Å². The molecule has 0 spiro atoms. The number of phenolic OH excluding ortho intramolecular Hbond substituents is 1. The Balaban J connectivity index is 1.35. The molecule has 2 fully saturated rings. The van der Waals surface area contributed by atoms with Gasteiger partial charge in [0.1, 0.15) is 77.2 Å². The van der Waals surface area contributed by atoms with Crippen LogP contribution in [0.15, 0.2) is 51.9 Å². The Labute approximate surface area is 238 Å². The van der Waals surface area contributed by atoms with Crippen LogP contribution in [-0.4, -0.2) is 111 Å². The van der Waals surface area contributed by atoms with Crippen molar-refractivity contribution >= 4 is 11.0 Å². The van der Waals surface area contributed by atoms with Gasteiger partial charge in [0.15, 0.2) is 6.29 Å². The highest BCUT2D eigenvalue weighted by molar-refractivity contribution is 5.88. The van der Waals surface area contributed by atoms with Crippen molar-refractivity contribution in [1.82, 2.24) is 0 Å². The normalized spacial score (nSPS) is 33.4. The fourth-order valence-electron chi connectivity index (χ4n) is 4.89. The molecule has 228 valence electrons. The maximum Gasteiger partial charge on any atom is 0.229 e. The van der Waals surface area contributed by atoms with Gasteiger partial charge in [0.25, 0.3) is 0 Å². The van der Waals surface area contributed by atoms with Gasteiger partial charge >= 0.3 is 0 Å². The van der Waals surface area contributed by atoms with Crippen molar-refractivity contribution in [1.29, 1.82) is 0 Å². The molecule has 0 saturated carbocycles. The summed E-state index contributed by atoms with van der Waals surface area (Å²) in [6, 6.07) is 8.71. The minimum Gasteiger partial charge on any atom is -0.508 e. The zero-order chi connectivity index (χ0) is 30.3. The fourth-order valence-corrected chi connectivity index (χ4v) is 4.89. The molecular weight excluding hydrogens is 560 g/mol. The quantitative estimate of drug-likeness (QED) is 0.179. The molecule has 0 aliphatic carbocycles. The number of hydrogen-bond acceptors (Lipinski definition) is 14. The van der Waals surface area contributed by atoms with Crippen LogP contribution in [0.5, 0.6) is 17.2 Å². The van der Waals surface area contributed by atoms with Gasteiger partial charge in [-0.15, -0.1) is 0 Å². The first-order valence-corrected chi connectivity index (χ1v) is 13.1. The van der Waals surface area contributed by atoms with Gasteiger partial charge in [-0.1, -0.05) is 12.1 Å². The minimum absolute atomic E-state index is 0.0316. The van der Waals surface area contributed by atoms with Crippen LogP contribution in [0, 0.1) is 0 Å². The van der Waals surface area contributed by atoms with E-state index in [0.717, 1.165) is 0 Å². The Bertz CT molecular complexity index is 1440. The number of phenols is 1. The van der Waals surface area contributed by atoms with Crippen LogP contribution in [0.4, 0.5) is 0 Å². The van der Waals surface area contributed by atoms with E-state index >= 15 is 0 Å². The summed E-state index contributed by atoms with van der Waals surface area (Å²) in [7, 11) is 1.34. The van der Waals surface area contributed by atoms with E-state index in [-0.39, 0.29) is 33.8 Å². The van der Waals surface area contributed by atoms with Crippen LogP contribution >= 0.6 is 0 Å². The number of hydrogen-bond donors (Lipinski definition) is 7. The Morgan fingerprint density at radius 1 is 0.833 bits per heavy atom. The minimum atomic E-state index is -1.73. The summed E-state index contributed by atoms with van der Waals surface area (Å²) in [6.07, 6.45) is -13.4. The van der Waals surface area contributed by atoms with Crippen molar-refractivity contribution in [3.8, 4) is 28.4 Å². The van der Waals surface area contributed by atoms with Crippen LogP contribution in [0.1, 0.15) is 6.92 Å². The topological polar surface area (TPSA) is 218 Å². The van der Waals surface area contributed by atoms with Gasteiger partial charge in [-0.05, 0) is 24.6 Å². The molecule has 42 heavy (non-hydrogen) atoms. The van der Waals surface area contributed by atoms with Gasteiger partial charge in [0, 0.05) is 12.1 Å². The van der Waals surface area contributed by atoms with Crippen molar-refractivity contribution in [3.05, 3.63) is 52.9 Å². The number of methoxy groups -OCH3 is 1. The number of fused-ring (bicyclic) bond motifs is 1. The second-order valence-electron chi connectivity index (χ2n) is 10.2. The maximum absolute atomic E-state index is 13.3. The van der Waals surface area contributed by atoms with Crippen molar-refractivity contribution in [2.75, 3.05) is 13.7 Å². The molecule has 10 atom stereocenters. The molecule has 7 N–H and O–H groups in total. The molecule has 10 unspecified atom stereocenters. The van der Waals surface area contributed by atoms with Crippen LogP contribution in [0.2, 0.25) is 0 Å². The Morgan fingerprint density at radius 2 is 1.50 bits per heavy atom. The molecule has 2 aliphatic heterocycles. The molecule has 2 saturated heterocycles. The molecule has 2 aromatic carbocycles. The molecule has 3 heterocycles. The first-order valence-electron chi connectivity index (χ1n) is 13.1. The van der Waals surface area contributed by atoms with Crippen molar-refractivity contribution in [2.24, 2.45) is 0 Å². The van der Waals surface area contributed by atoms with Crippen LogP contribution in [0.25, 0.3) is 22.1 Å². The molecule has 14 nitrogen and oxygen atoms in total. The first-order chi connectivity index (χ1) is 20.0. The lowest BCUT2D eigenvalue weighted by Crippen LogP contribution is -2.61. The summed E-state index contributed by atoms with van der Waals surface area (Å²) in [4.78, 5) is 13.3. The maximum atomic E-state index is 13.3. The van der Waals surface area contributed by atoms with E-state index in [2.05, 4.69) is 0 Å². The Morgan fingerprint density at radius 3 is 2.19 bits per heavy atom. The van der Waals surface area contributed by atoms with Crippen molar-refractivity contribution in [2.45, 2.75) is 68.3 Å². The first kappa shape index (κ1) is 30.2. The van der Waals surface area contributed by atoms with E-state index < -0.39 is 73.4 Å². The van der Waals surface area contributed by atoms with E-state index in [1.165, 1.54) is 44.6 Å². The SMILES string of the molecule is COc1cc(OC2OC(COC3OC(C)C(O)C(O)C3O)C(O)C(O)C2O)cc2occ(-c3ccc(O)cc3)c(=O)c12. The molecule has 1 aromatic heterocycles. The summed E-state index contributed by atoms with van der Waals surface area (Å²) in [6.45, 7) is 1.01. The molecule has 0 bridgehead atoms. The molecule has 5 rings (SSSR count). The second-order valence-corrected chi connectivity index (χ2v) is 10.2. The third-order valence-electron chi connectivity index (χ3n) is 7.37. The van der Waals surface area contributed by atoms with Gasteiger partial charge in [-0.2, -0.15) is 0 Å².